The van der Waals surface area contributed by atoms with Gasteiger partial charge in [0.25, 0.3) is 5.69 Å². The Balaban J connectivity index is 2.13. The molecular formula is C12H14N4O4. The van der Waals surface area contributed by atoms with Gasteiger partial charge in [-0.15, -0.1) is 0 Å². The lowest BCUT2D eigenvalue weighted by Gasteiger charge is -2.12. The fourth-order valence-corrected chi connectivity index (χ4v) is 1.65. The van der Waals surface area contributed by atoms with Gasteiger partial charge >= 0.3 is 0 Å². The highest BCUT2D eigenvalue weighted by molar-refractivity contribution is 5.56. The molecule has 2 rings (SSSR count). The Morgan fingerprint density at radius 2 is 1.95 bits per heavy atom. The van der Waals surface area contributed by atoms with Crippen molar-refractivity contribution >= 4 is 5.69 Å². The van der Waals surface area contributed by atoms with Gasteiger partial charge in [0.2, 0.25) is 0 Å². The summed E-state index contributed by atoms with van der Waals surface area (Å²) < 4.78 is 11.7. The first-order valence-electron chi connectivity index (χ1n) is 5.84. The summed E-state index contributed by atoms with van der Waals surface area (Å²) in [4.78, 5) is 14.3. The normalized spacial score (nSPS) is 10.9. The molecule has 0 aliphatic rings. The van der Waals surface area contributed by atoms with Crippen LogP contribution in [0.5, 0.6) is 0 Å². The van der Waals surface area contributed by atoms with Gasteiger partial charge in [0, 0.05) is 31.9 Å². The van der Waals surface area contributed by atoms with E-state index in [0.717, 1.165) is 0 Å². The second-order valence-corrected chi connectivity index (χ2v) is 4.00. The third-order valence-corrected chi connectivity index (χ3v) is 2.73. The predicted octanol–water partition coefficient (Wildman–Crippen LogP) is 1.47. The van der Waals surface area contributed by atoms with Crippen LogP contribution in [0.1, 0.15) is 0 Å². The number of rotatable bonds is 6. The molecule has 1 aromatic carbocycles. The SMILES string of the molecule is COC(Cn1cnc(-c2ccc([N+](=O)[O-])cc2)n1)OC. The van der Waals surface area contributed by atoms with E-state index in [1.54, 1.807) is 37.4 Å². The van der Waals surface area contributed by atoms with E-state index >= 15 is 0 Å². The highest BCUT2D eigenvalue weighted by Gasteiger charge is 2.11. The van der Waals surface area contributed by atoms with Crippen LogP contribution in [0.15, 0.2) is 30.6 Å². The van der Waals surface area contributed by atoms with Crippen molar-refractivity contribution in [2.24, 2.45) is 0 Å². The smallest absolute Gasteiger partial charge is 0.269 e. The summed E-state index contributed by atoms with van der Waals surface area (Å²) >= 11 is 0. The number of nitro groups is 1. The van der Waals surface area contributed by atoms with Crippen molar-refractivity contribution in [2.45, 2.75) is 12.8 Å². The molecule has 0 saturated carbocycles. The van der Waals surface area contributed by atoms with Crippen LogP contribution < -0.4 is 0 Å². The number of nitro benzene ring substituents is 1. The van der Waals surface area contributed by atoms with Gasteiger partial charge in [-0.2, -0.15) is 5.10 Å². The molecule has 0 radical (unpaired) electrons. The average Bonchev–Trinajstić information content (AvgIpc) is 2.93. The average molecular weight is 278 g/mol. The van der Waals surface area contributed by atoms with Crippen molar-refractivity contribution in [3.63, 3.8) is 0 Å². The Bertz CT molecular complexity index is 577. The van der Waals surface area contributed by atoms with Gasteiger partial charge in [0.15, 0.2) is 12.1 Å². The second-order valence-electron chi connectivity index (χ2n) is 4.00. The van der Waals surface area contributed by atoms with Gasteiger partial charge in [0.1, 0.15) is 6.33 Å². The van der Waals surface area contributed by atoms with Crippen LogP contribution in [0, 0.1) is 10.1 Å². The molecule has 106 valence electrons. The van der Waals surface area contributed by atoms with Crippen molar-refractivity contribution in [2.75, 3.05) is 14.2 Å². The molecule has 0 aliphatic carbocycles. The maximum Gasteiger partial charge on any atom is 0.269 e. The zero-order valence-electron chi connectivity index (χ0n) is 11.1. The first-order valence-corrected chi connectivity index (χ1v) is 5.84. The van der Waals surface area contributed by atoms with E-state index in [2.05, 4.69) is 10.1 Å². The van der Waals surface area contributed by atoms with Crippen molar-refractivity contribution in [3.05, 3.63) is 40.7 Å². The minimum atomic E-state index is -0.447. The summed E-state index contributed by atoms with van der Waals surface area (Å²) in [5, 5.41) is 14.8. The second kappa shape index (κ2) is 6.22. The van der Waals surface area contributed by atoms with Crippen LogP contribution in [0.4, 0.5) is 5.69 Å². The third kappa shape index (κ3) is 3.16. The van der Waals surface area contributed by atoms with Crippen LogP contribution in [-0.4, -0.2) is 40.2 Å². The lowest BCUT2D eigenvalue weighted by atomic mass is 10.2. The zero-order valence-corrected chi connectivity index (χ0v) is 11.1. The van der Waals surface area contributed by atoms with E-state index in [4.69, 9.17) is 9.47 Å². The zero-order chi connectivity index (χ0) is 14.5. The molecule has 20 heavy (non-hydrogen) atoms. The van der Waals surface area contributed by atoms with Crippen molar-refractivity contribution < 1.29 is 14.4 Å². The summed E-state index contributed by atoms with van der Waals surface area (Å²) in [5.41, 5.74) is 0.743. The Labute approximate surface area is 115 Å². The van der Waals surface area contributed by atoms with Crippen LogP contribution in [-0.2, 0) is 16.0 Å². The molecule has 1 heterocycles. The largest absolute Gasteiger partial charge is 0.354 e. The molecule has 0 aliphatic heterocycles. The number of non-ortho nitro benzene ring substituents is 1. The summed E-state index contributed by atoms with van der Waals surface area (Å²) in [6.07, 6.45) is 1.16. The molecule has 0 N–H and O–H groups in total. The molecule has 0 saturated heterocycles. The minimum absolute atomic E-state index is 0.0343. The number of ether oxygens (including phenoxy) is 2. The topological polar surface area (TPSA) is 92.3 Å². The Kier molecular flexibility index (Phi) is 4.38. The molecule has 0 spiro atoms. The fraction of sp³-hybridized carbons (Fsp3) is 0.333. The van der Waals surface area contributed by atoms with E-state index in [0.29, 0.717) is 17.9 Å². The first kappa shape index (κ1) is 14.1. The van der Waals surface area contributed by atoms with Crippen molar-refractivity contribution in [1.29, 1.82) is 0 Å². The van der Waals surface area contributed by atoms with E-state index in [-0.39, 0.29) is 5.69 Å². The molecule has 8 nitrogen and oxygen atoms in total. The molecular weight excluding hydrogens is 264 g/mol. The number of aromatic nitrogens is 3. The summed E-state index contributed by atoms with van der Waals surface area (Å²) in [5.74, 6) is 0.492. The van der Waals surface area contributed by atoms with E-state index < -0.39 is 11.2 Å². The van der Waals surface area contributed by atoms with Crippen LogP contribution in [0.2, 0.25) is 0 Å². The van der Waals surface area contributed by atoms with Gasteiger partial charge in [-0.25, -0.2) is 9.67 Å². The molecule has 0 atom stereocenters. The fourth-order valence-electron chi connectivity index (χ4n) is 1.65. The Morgan fingerprint density at radius 3 is 2.50 bits per heavy atom. The lowest BCUT2D eigenvalue weighted by Crippen LogP contribution is -2.20. The molecule has 1 aromatic heterocycles. The quantitative estimate of drug-likeness (QED) is 0.451. The minimum Gasteiger partial charge on any atom is -0.354 e. The maximum absolute atomic E-state index is 10.6. The number of hydrogen-bond donors (Lipinski definition) is 0. The molecule has 0 amide bonds. The van der Waals surface area contributed by atoms with Gasteiger partial charge in [-0.3, -0.25) is 10.1 Å². The molecule has 8 heteroatoms. The van der Waals surface area contributed by atoms with Crippen LogP contribution in [0.3, 0.4) is 0 Å². The summed E-state index contributed by atoms with van der Waals surface area (Å²) in [6.45, 7) is 0.410. The van der Waals surface area contributed by atoms with Gasteiger partial charge in [-0.1, -0.05) is 0 Å². The maximum atomic E-state index is 10.6. The number of methoxy groups -OCH3 is 2. The molecule has 0 unspecified atom stereocenters. The van der Waals surface area contributed by atoms with Crippen molar-refractivity contribution in [1.82, 2.24) is 14.8 Å². The summed E-state index contributed by atoms with van der Waals surface area (Å²) in [7, 11) is 3.09. The Hall–Kier alpha value is -2.32. The van der Waals surface area contributed by atoms with Crippen LogP contribution in [0.25, 0.3) is 11.4 Å². The number of hydrogen-bond acceptors (Lipinski definition) is 6. The van der Waals surface area contributed by atoms with E-state index in [1.807, 2.05) is 0 Å². The van der Waals surface area contributed by atoms with Gasteiger partial charge in [0.05, 0.1) is 11.5 Å². The lowest BCUT2D eigenvalue weighted by molar-refractivity contribution is -0.384. The van der Waals surface area contributed by atoms with Gasteiger partial charge < -0.3 is 9.47 Å². The Morgan fingerprint density at radius 1 is 1.30 bits per heavy atom. The highest BCUT2D eigenvalue weighted by Crippen LogP contribution is 2.18. The standard InChI is InChI=1S/C12H14N4O4/c1-19-11(20-2)7-15-8-13-12(14-15)9-3-5-10(6-4-9)16(17)18/h3-6,8,11H,7H2,1-2H3. The predicted molar refractivity (Wildman–Crippen MR) is 69.9 cm³/mol. The summed E-state index contributed by atoms with van der Waals surface area (Å²) in [6, 6.07) is 6.07. The van der Waals surface area contributed by atoms with Crippen molar-refractivity contribution in [3.8, 4) is 11.4 Å². The van der Waals surface area contributed by atoms with Crippen LogP contribution >= 0.6 is 0 Å². The molecule has 0 fully saturated rings. The first-order chi connectivity index (χ1) is 9.63. The highest BCUT2D eigenvalue weighted by atomic mass is 16.7. The number of benzene rings is 1. The third-order valence-electron chi connectivity index (χ3n) is 2.73. The molecule has 0 bridgehead atoms. The number of nitrogens with zero attached hydrogens (tertiary/aromatic N) is 4. The van der Waals surface area contributed by atoms with Gasteiger partial charge in [-0.05, 0) is 12.1 Å². The van der Waals surface area contributed by atoms with E-state index in [9.17, 15) is 10.1 Å². The molecule has 2 aromatic rings. The monoisotopic (exact) mass is 278 g/mol. The van der Waals surface area contributed by atoms with E-state index in [1.165, 1.54) is 12.1 Å².